The Bertz CT molecular complexity index is 609. The molecule has 0 radical (unpaired) electrons. The first-order chi connectivity index (χ1) is 11.2. The van der Waals surface area contributed by atoms with Gasteiger partial charge in [0.1, 0.15) is 11.6 Å². The largest absolute Gasteiger partial charge is 0.451 e. The summed E-state index contributed by atoms with van der Waals surface area (Å²) in [6.45, 7) is 2.16. The Morgan fingerprint density at radius 1 is 1.13 bits per heavy atom. The maximum absolute atomic E-state index is 12.9. The first kappa shape index (κ1) is 17.2. The fraction of sp³-hybridized carbons (Fsp3) is 0.353. The molecular formula is C17H20FNO4. The van der Waals surface area contributed by atoms with E-state index in [2.05, 4.69) is 5.32 Å². The minimum Gasteiger partial charge on any atom is -0.451 e. The van der Waals surface area contributed by atoms with Gasteiger partial charge in [-0.05, 0) is 42.8 Å². The summed E-state index contributed by atoms with van der Waals surface area (Å²) in [5, 5.41) is 2.76. The molecule has 0 saturated carbocycles. The van der Waals surface area contributed by atoms with Gasteiger partial charge in [-0.2, -0.15) is 0 Å². The van der Waals surface area contributed by atoms with Crippen molar-refractivity contribution in [2.45, 2.75) is 6.42 Å². The van der Waals surface area contributed by atoms with Crippen molar-refractivity contribution in [1.29, 1.82) is 0 Å². The molecule has 1 aromatic heterocycles. The fourth-order valence-corrected chi connectivity index (χ4v) is 1.94. The third-order valence-corrected chi connectivity index (χ3v) is 3.14. The van der Waals surface area contributed by atoms with Crippen molar-refractivity contribution in [3.63, 3.8) is 0 Å². The lowest BCUT2D eigenvalue weighted by Gasteiger charge is -2.04. The molecule has 0 aliphatic carbocycles. The van der Waals surface area contributed by atoms with E-state index >= 15 is 0 Å². The Kier molecular flexibility index (Phi) is 6.77. The summed E-state index contributed by atoms with van der Waals surface area (Å²) in [5.41, 5.74) is 0.719. The number of amides is 1. The Morgan fingerprint density at radius 2 is 1.91 bits per heavy atom. The van der Waals surface area contributed by atoms with E-state index in [1.165, 1.54) is 12.1 Å². The van der Waals surface area contributed by atoms with Crippen LogP contribution in [-0.4, -0.2) is 39.4 Å². The molecule has 0 aliphatic rings. The van der Waals surface area contributed by atoms with Crippen molar-refractivity contribution >= 4 is 5.91 Å². The van der Waals surface area contributed by atoms with E-state index in [1.54, 1.807) is 31.4 Å². The van der Waals surface area contributed by atoms with Crippen molar-refractivity contribution in [3.05, 3.63) is 48.0 Å². The van der Waals surface area contributed by atoms with Crippen LogP contribution in [0, 0.1) is 5.82 Å². The standard InChI is InChI=1S/C17H20FNO4/c1-21-11-12-22-10-2-9-19-17(20)16-8-7-15(23-16)13-3-5-14(18)6-4-13/h3-8H,2,9-12H2,1H3,(H,19,20). The number of carbonyl (C=O) groups excluding carboxylic acids is 1. The molecule has 0 spiro atoms. The van der Waals surface area contributed by atoms with E-state index in [0.717, 1.165) is 5.56 Å². The first-order valence-electron chi connectivity index (χ1n) is 7.41. The van der Waals surface area contributed by atoms with Crippen LogP contribution < -0.4 is 5.32 Å². The number of ether oxygens (including phenoxy) is 2. The second kappa shape index (κ2) is 9.07. The van der Waals surface area contributed by atoms with Crippen molar-refractivity contribution < 1.29 is 23.1 Å². The van der Waals surface area contributed by atoms with Gasteiger partial charge in [-0.3, -0.25) is 4.79 Å². The second-order valence-electron chi connectivity index (χ2n) is 4.89. The fourth-order valence-electron chi connectivity index (χ4n) is 1.94. The molecule has 23 heavy (non-hydrogen) atoms. The molecule has 1 aromatic carbocycles. The number of methoxy groups -OCH3 is 1. The molecule has 1 heterocycles. The molecular weight excluding hydrogens is 301 g/mol. The topological polar surface area (TPSA) is 60.7 Å². The minimum atomic E-state index is -0.314. The molecule has 0 bridgehead atoms. The van der Waals surface area contributed by atoms with Gasteiger partial charge in [0.05, 0.1) is 13.2 Å². The molecule has 5 nitrogen and oxygen atoms in total. The summed E-state index contributed by atoms with van der Waals surface area (Å²) >= 11 is 0. The third kappa shape index (κ3) is 5.50. The van der Waals surface area contributed by atoms with Crippen LogP contribution in [0.2, 0.25) is 0 Å². The van der Waals surface area contributed by atoms with E-state index in [-0.39, 0.29) is 17.5 Å². The van der Waals surface area contributed by atoms with Gasteiger partial charge in [-0.15, -0.1) is 0 Å². The van der Waals surface area contributed by atoms with Crippen LogP contribution >= 0.6 is 0 Å². The maximum atomic E-state index is 12.9. The molecule has 0 fully saturated rings. The Hall–Kier alpha value is -2.18. The van der Waals surface area contributed by atoms with Gasteiger partial charge in [-0.1, -0.05) is 0 Å². The highest BCUT2D eigenvalue weighted by Gasteiger charge is 2.11. The summed E-state index contributed by atoms with van der Waals surface area (Å²) in [6, 6.07) is 9.20. The molecule has 2 aromatic rings. The van der Waals surface area contributed by atoms with Crippen molar-refractivity contribution in [2.75, 3.05) is 33.5 Å². The third-order valence-electron chi connectivity index (χ3n) is 3.14. The molecule has 0 atom stereocenters. The molecule has 0 aliphatic heterocycles. The molecule has 2 rings (SSSR count). The van der Waals surface area contributed by atoms with Crippen LogP contribution in [0.1, 0.15) is 17.0 Å². The number of furan rings is 1. The Labute approximate surface area is 134 Å². The predicted molar refractivity (Wildman–Crippen MR) is 83.7 cm³/mol. The molecule has 6 heteroatoms. The smallest absolute Gasteiger partial charge is 0.287 e. The van der Waals surface area contributed by atoms with Crippen LogP contribution in [0.4, 0.5) is 4.39 Å². The van der Waals surface area contributed by atoms with Gasteiger partial charge in [0.2, 0.25) is 0 Å². The van der Waals surface area contributed by atoms with Crippen LogP contribution in [-0.2, 0) is 9.47 Å². The molecule has 0 saturated heterocycles. The van der Waals surface area contributed by atoms with E-state index in [9.17, 15) is 9.18 Å². The number of hydrogen-bond acceptors (Lipinski definition) is 4. The summed E-state index contributed by atoms with van der Waals surface area (Å²) in [4.78, 5) is 12.0. The lowest BCUT2D eigenvalue weighted by Crippen LogP contribution is -2.25. The number of halogens is 1. The zero-order chi connectivity index (χ0) is 16.5. The average molecular weight is 321 g/mol. The summed E-state index contributed by atoms with van der Waals surface area (Å²) < 4.78 is 28.6. The normalized spacial score (nSPS) is 10.7. The SMILES string of the molecule is COCCOCCCNC(=O)c1ccc(-c2ccc(F)cc2)o1. The number of hydrogen-bond donors (Lipinski definition) is 1. The van der Waals surface area contributed by atoms with Crippen LogP contribution in [0.3, 0.4) is 0 Å². The highest BCUT2D eigenvalue weighted by molar-refractivity contribution is 5.92. The van der Waals surface area contributed by atoms with Gasteiger partial charge in [0.15, 0.2) is 5.76 Å². The van der Waals surface area contributed by atoms with Gasteiger partial charge in [0.25, 0.3) is 5.91 Å². The number of nitrogens with one attached hydrogen (secondary N) is 1. The van der Waals surface area contributed by atoms with E-state index < -0.39 is 0 Å². The first-order valence-corrected chi connectivity index (χ1v) is 7.41. The molecule has 1 amide bonds. The maximum Gasteiger partial charge on any atom is 0.287 e. The highest BCUT2D eigenvalue weighted by atomic mass is 19.1. The summed E-state index contributed by atoms with van der Waals surface area (Å²) in [5.74, 6) is 0.156. The lowest BCUT2D eigenvalue weighted by molar-refractivity contribution is 0.0687. The second-order valence-corrected chi connectivity index (χ2v) is 4.89. The lowest BCUT2D eigenvalue weighted by atomic mass is 10.2. The zero-order valence-corrected chi connectivity index (χ0v) is 13.0. The van der Waals surface area contributed by atoms with E-state index in [4.69, 9.17) is 13.9 Å². The average Bonchev–Trinajstić information content (AvgIpc) is 3.04. The molecule has 0 unspecified atom stereocenters. The van der Waals surface area contributed by atoms with Gasteiger partial charge in [0, 0.05) is 25.8 Å². The van der Waals surface area contributed by atoms with Crippen molar-refractivity contribution in [1.82, 2.24) is 5.32 Å². The van der Waals surface area contributed by atoms with E-state index in [0.29, 0.717) is 38.5 Å². The quantitative estimate of drug-likeness (QED) is 0.722. The van der Waals surface area contributed by atoms with Gasteiger partial charge >= 0.3 is 0 Å². The summed E-state index contributed by atoms with van der Waals surface area (Å²) in [7, 11) is 1.62. The van der Waals surface area contributed by atoms with Gasteiger partial charge in [-0.25, -0.2) is 4.39 Å². The number of rotatable bonds is 9. The minimum absolute atomic E-state index is 0.227. The number of benzene rings is 1. The molecule has 1 N–H and O–H groups in total. The highest BCUT2D eigenvalue weighted by Crippen LogP contribution is 2.22. The van der Waals surface area contributed by atoms with Crippen molar-refractivity contribution in [2.24, 2.45) is 0 Å². The van der Waals surface area contributed by atoms with Crippen LogP contribution in [0.15, 0.2) is 40.8 Å². The Balaban J connectivity index is 1.76. The van der Waals surface area contributed by atoms with Crippen LogP contribution in [0.5, 0.6) is 0 Å². The molecule has 124 valence electrons. The Morgan fingerprint density at radius 3 is 2.65 bits per heavy atom. The van der Waals surface area contributed by atoms with Crippen LogP contribution in [0.25, 0.3) is 11.3 Å². The van der Waals surface area contributed by atoms with Crippen molar-refractivity contribution in [3.8, 4) is 11.3 Å². The predicted octanol–water partition coefficient (Wildman–Crippen LogP) is 2.87. The monoisotopic (exact) mass is 321 g/mol. The zero-order valence-electron chi connectivity index (χ0n) is 13.0. The number of carbonyl (C=O) groups is 1. The van der Waals surface area contributed by atoms with Gasteiger partial charge < -0.3 is 19.2 Å². The van der Waals surface area contributed by atoms with E-state index in [1.807, 2.05) is 0 Å². The summed E-state index contributed by atoms with van der Waals surface area (Å²) in [6.07, 6.45) is 0.709.